The number of hydrogen-bond donors (Lipinski definition) is 3. The molecule has 4 aromatic rings. The quantitative estimate of drug-likeness (QED) is 0.199. The van der Waals surface area contributed by atoms with E-state index >= 15 is 0 Å². The number of aromatic nitrogens is 2. The van der Waals surface area contributed by atoms with Crippen molar-refractivity contribution >= 4 is 40.6 Å². The van der Waals surface area contributed by atoms with Crippen LogP contribution in [0.15, 0.2) is 83.1 Å². The second-order valence-electron chi connectivity index (χ2n) is 7.48. The van der Waals surface area contributed by atoms with E-state index in [9.17, 15) is 4.79 Å². The van der Waals surface area contributed by atoms with Gasteiger partial charge in [0.2, 0.25) is 0 Å². The normalized spacial score (nSPS) is 11.2. The molecule has 0 radical (unpaired) electrons. The highest BCUT2D eigenvalue weighted by atomic mass is 32.2. The zero-order chi connectivity index (χ0) is 23.0. The van der Waals surface area contributed by atoms with E-state index < -0.39 is 0 Å². The number of imidazole rings is 1. The van der Waals surface area contributed by atoms with Gasteiger partial charge in [0, 0.05) is 30.6 Å². The maximum atomic E-state index is 12.4. The second-order valence-corrected chi connectivity index (χ2v) is 8.44. The van der Waals surface area contributed by atoms with Crippen molar-refractivity contribution in [3.8, 4) is 0 Å². The molecule has 7 nitrogen and oxygen atoms in total. The molecule has 0 atom stereocenters. The first-order valence-electron chi connectivity index (χ1n) is 10.5. The Morgan fingerprint density at radius 1 is 1.12 bits per heavy atom. The Kier molecular flexibility index (Phi) is 7.39. The number of fused-ring (bicyclic) bond motifs is 1. The van der Waals surface area contributed by atoms with E-state index in [0.717, 1.165) is 38.8 Å². The zero-order valence-corrected chi connectivity index (χ0v) is 19.0. The van der Waals surface area contributed by atoms with Crippen LogP contribution in [-0.2, 0) is 5.75 Å². The van der Waals surface area contributed by atoms with E-state index in [1.807, 2.05) is 72.6 Å². The number of hydrogen-bond acceptors (Lipinski definition) is 6. The van der Waals surface area contributed by atoms with Gasteiger partial charge in [-0.05, 0) is 47.5 Å². The summed E-state index contributed by atoms with van der Waals surface area (Å²) in [4.78, 5) is 22.2. The van der Waals surface area contributed by atoms with Gasteiger partial charge in [0.15, 0.2) is 5.16 Å². The van der Waals surface area contributed by atoms with E-state index in [0.29, 0.717) is 12.1 Å². The molecule has 33 heavy (non-hydrogen) atoms. The van der Waals surface area contributed by atoms with E-state index in [2.05, 4.69) is 20.5 Å². The topological polar surface area (TPSA) is 93.6 Å². The molecule has 0 bridgehead atoms. The molecular formula is C25H25N5O2S. The number of benzene rings is 3. The minimum absolute atomic E-state index is 0.104. The van der Waals surface area contributed by atoms with E-state index in [1.165, 1.54) is 0 Å². The van der Waals surface area contributed by atoms with Crippen LogP contribution >= 0.6 is 11.8 Å². The highest BCUT2D eigenvalue weighted by Gasteiger charge is 2.06. The molecule has 3 N–H and O–H groups in total. The second kappa shape index (κ2) is 10.8. The molecule has 0 saturated heterocycles. The fourth-order valence-corrected chi connectivity index (χ4v) is 4.07. The number of H-pyrrole nitrogens is 1. The Morgan fingerprint density at radius 3 is 2.61 bits per heavy atom. The van der Waals surface area contributed by atoms with Crippen molar-refractivity contribution in [3.05, 3.63) is 89.5 Å². The summed E-state index contributed by atoms with van der Waals surface area (Å²) in [5, 5.41) is 13.9. The Morgan fingerprint density at radius 2 is 1.88 bits per heavy atom. The SMILES string of the molecule is CN(CCO)c1ccc(/C=N/NC(=O)c2ccc(CSc3nc4ccccc4[nH]3)cc2)cc1. The van der Waals surface area contributed by atoms with Gasteiger partial charge < -0.3 is 15.0 Å². The summed E-state index contributed by atoms with van der Waals surface area (Å²) < 4.78 is 0. The molecule has 8 heteroatoms. The molecule has 0 aliphatic heterocycles. The molecule has 3 aromatic carbocycles. The van der Waals surface area contributed by atoms with E-state index in [1.54, 1.807) is 30.1 Å². The largest absolute Gasteiger partial charge is 0.395 e. The number of carbonyl (C=O) groups excluding carboxylic acids is 1. The smallest absolute Gasteiger partial charge is 0.271 e. The third kappa shape index (κ3) is 6.00. The van der Waals surface area contributed by atoms with Crippen LogP contribution in [0.1, 0.15) is 21.5 Å². The van der Waals surface area contributed by atoms with Crippen LogP contribution in [0.3, 0.4) is 0 Å². The summed E-state index contributed by atoms with van der Waals surface area (Å²) in [5.74, 6) is 0.491. The van der Waals surface area contributed by atoms with E-state index in [4.69, 9.17) is 5.11 Å². The number of likely N-dealkylation sites (N-methyl/N-ethyl adjacent to an activating group) is 1. The van der Waals surface area contributed by atoms with Gasteiger partial charge >= 0.3 is 0 Å². The van der Waals surface area contributed by atoms with Gasteiger partial charge in [-0.2, -0.15) is 5.10 Å². The number of nitrogens with one attached hydrogen (secondary N) is 2. The van der Waals surface area contributed by atoms with Gasteiger partial charge in [0.25, 0.3) is 5.91 Å². The number of carbonyl (C=O) groups is 1. The number of thioether (sulfide) groups is 1. The van der Waals surface area contributed by atoms with Crippen molar-refractivity contribution < 1.29 is 9.90 Å². The lowest BCUT2D eigenvalue weighted by molar-refractivity contribution is 0.0955. The zero-order valence-electron chi connectivity index (χ0n) is 18.2. The summed E-state index contributed by atoms with van der Waals surface area (Å²) in [5.41, 5.74) is 8.07. The number of nitrogens with zero attached hydrogens (tertiary/aromatic N) is 3. The maximum absolute atomic E-state index is 12.4. The fraction of sp³-hybridized carbons (Fsp3) is 0.160. The summed E-state index contributed by atoms with van der Waals surface area (Å²) in [7, 11) is 1.92. The lowest BCUT2D eigenvalue weighted by atomic mass is 10.1. The number of aliphatic hydroxyl groups is 1. The molecule has 1 heterocycles. The molecule has 1 aromatic heterocycles. The molecular weight excluding hydrogens is 434 g/mol. The number of para-hydroxylation sites is 2. The third-order valence-electron chi connectivity index (χ3n) is 5.11. The Balaban J connectivity index is 1.28. The molecule has 0 saturated carbocycles. The molecule has 168 valence electrons. The molecule has 0 aliphatic carbocycles. The monoisotopic (exact) mass is 459 g/mol. The first-order chi connectivity index (χ1) is 16.1. The van der Waals surface area contributed by atoms with Crippen LogP contribution in [0.5, 0.6) is 0 Å². The standard InChI is InChI=1S/C25H25N5O2S/c1-30(14-15-31)21-12-8-18(9-13-21)16-26-29-24(32)20-10-6-19(7-11-20)17-33-25-27-22-4-2-3-5-23(22)28-25/h2-13,16,31H,14-15,17H2,1H3,(H,27,28)(H,29,32)/b26-16+. The Bertz CT molecular complexity index is 1200. The van der Waals surface area contributed by atoms with Crippen LogP contribution in [0.25, 0.3) is 11.0 Å². The number of amides is 1. The predicted octanol–water partition coefficient (Wildman–Crippen LogP) is 4.05. The molecule has 0 aliphatic rings. The van der Waals surface area contributed by atoms with Crippen LogP contribution in [0, 0.1) is 0 Å². The van der Waals surface area contributed by atoms with Crippen molar-refractivity contribution in [2.24, 2.45) is 5.10 Å². The van der Waals surface area contributed by atoms with Crippen LogP contribution in [0.4, 0.5) is 5.69 Å². The van der Waals surface area contributed by atoms with Crippen molar-refractivity contribution in [3.63, 3.8) is 0 Å². The highest BCUT2D eigenvalue weighted by molar-refractivity contribution is 7.98. The number of anilines is 1. The van der Waals surface area contributed by atoms with Gasteiger partial charge in [-0.15, -0.1) is 0 Å². The van der Waals surface area contributed by atoms with Gasteiger partial charge in [-0.1, -0.05) is 48.2 Å². The van der Waals surface area contributed by atoms with E-state index in [-0.39, 0.29) is 12.5 Å². The lowest BCUT2D eigenvalue weighted by Crippen LogP contribution is -2.20. The summed E-state index contributed by atoms with van der Waals surface area (Å²) in [6.45, 7) is 0.674. The van der Waals surface area contributed by atoms with Gasteiger partial charge in [-0.3, -0.25) is 4.79 Å². The number of aliphatic hydroxyl groups excluding tert-OH is 1. The molecule has 1 amide bonds. The molecule has 0 spiro atoms. The first kappa shape index (κ1) is 22.6. The number of rotatable bonds is 9. The minimum atomic E-state index is -0.262. The third-order valence-corrected chi connectivity index (χ3v) is 6.05. The minimum Gasteiger partial charge on any atom is -0.395 e. The Hall–Kier alpha value is -3.62. The average Bonchev–Trinajstić information content (AvgIpc) is 3.27. The van der Waals surface area contributed by atoms with Crippen LogP contribution in [0.2, 0.25) is 0 Å². The number of hydrazone groups is 1. The van der Waals surface area contributed by atoms with Crippen LogP contribution < -0.4 is 10.3 Å². The molecule has 0 unspecified atom stereocenters. The van der Waals surface area contributed by atoms with Crippen molar-refractivity contribution in [1.29, 1.82) is 0 Å². The summed E-state index contributed by atoms with van der Waals surface area (Å²) in [6.07, 6.45) is 1.60. The highest BCUT2D eigenvalue weighted by Crippen LogP contribution is 2.23. The average molecular weight is 460 g/mol. The van der Waals surface area contributed by atoms with Crippen molar-refractivity contribution in [1.82, 2.24) is 15.4 Å². The van der Waals surface area contributed by atoms with Crippen molar-refractivity contribution in [2.45, 2.75) is 10.9 Å². The maximum Gasteiger partial charge on any atom is 0.271 e. The lowest BCUT2D eigenvalue weighted by Gasteiger charge is -2.17. The Labute approximate surface area is 196 Å². The van der Waals surface area contributed by atoms with Gasteiger partial charge in [0.05, 0.1) is 23.9 Å². The van der Waals surface area contributed by atoms with Gasteiger partial charge in [0.1, 0.15) is 0 Å². The first-order valence-corrected chi connectivity index (χ1v) is 11.5. The molecule has 4 rings (SSSR count). The van der Waals surface area contributed by atoms with Crippen LogP contribution in [-0.4, -0.2) is 47.4 Å². The molecule has 0 fully saturated rings. The number of aromatic amines is 1. The van der Waals surface area contributed by atoms with Gasteiger partial charge in [-0.25, -0.2) is 10.4 Å². The predicted molar refractivity (Wildman–Crippen MR) is 134 cm³/mol. The van der Waals surface area contributed by atoms with Crippen molar-refractivity contribution in [2.75, 3.05) is 25.1 Å². The summed E-state index contributed by atoms with van der Waals surface area (Å²) in [6, 6.07) is 23.1. The summed E-state index contributed by atoms with van der Waals surface area (Å²) >= 11 is 1.62. The fourth-order valence-electron chi connectivity index (χ4n) is 3.23.